The van der Waals surface area contributed by atoms with Crippen molar-refractivity contribution in [2.45, 2.75) is 25.3 Å². The van der Waals surface area contributed by atoms with Crippen LogP contribution < -0.4 is 5.32 Å². The Morgan fingerprint density at radius 1 is 1.50 bits per heavy atom. The summed E-state index contributed by atoms with van der Waals surface area (Å²) in [6.07, 6.45) is 3.20. The largest absolute Gasteiger partial charge is 0.481 e. The molecule has 2 rings (SSSR count). The van der Waals surface area contributed by atoms with Crippen molar-refractivity contribution in [1.82, 2.24) is 5.32 Å². The van der Waals surface area contributed by atoms with E-state index in [2.05, 4.69) is 5.32 Å². The molecular formula is C10H14N2O2. The van der Waals surface area contributed by atoms with E-state index in [1.807, 2.05) is 6.07 Å². The maximum atomic E-state index is 11.0. The number of nitrogens with zero attached hydrogens (tertiary/aromatic N) is 1. The van der Waals surface area contributed by atoms with E-state index in [9.17, 15) is 4.79 Å². The third-order valence-corrected chi connectivity index (χ3v) is 3.62. The van der Waals surface area contributed by atoms with Gasteiger partial charge in [0.05, 0.1) is 18.5 Å². The molecule has 0 aliphatic heterocycles. The molecule has 4 nitrogen and oxygen atoms in total. The molecule has 2 saturated carbocycles. The predicted octanol–water partition coefficient (Wildman–Crippen LogP) is 0.599. The second-order valence-corrected chi connectivity index (χ2v) is 4.26. The van der Waals surface area contributed by atoms with Crippen LogP contribution >= 0.6 is 0 Å². The third kappa shape index (κ3) is 1.38. The number of rotatable bonds is 3. The Hall–Kier alpha value is -1.08. The molecule has 4 unspecified atom stereocenters. The van der Waals surface area contributed by atoms with Crippen LogP contribution in [0.4, 0.5) is 0 Å². The number of nitriles is 1. The van der Waals surface area contributed by atoms with Gasteiger partial charge in [-0.15, -0.1) is 0 Å². The quantitative estimate of drug-likeness (QED) is 0.645. The Morgan fingerprint density at radius 2 is 2.21 bits per heavy atom. The van der Waals surface area contributed by atoms with Gasteiger partial charge in [-0.2, -0.15) is 5.26 Å². The van der Waals surface area contributed by atoms with Gasteiger partial charge in [0.15, 0.2) is 0 Å². The highest BCUT2D eigenvalue weighted by molar-refractivity contribution is 5.72. The molecule has 2 aliphatic carbocycles. The third-order valence-electron chi connectivity index (χ3n) is 3.62. The van der Waals surface area contributed by atoms with Crippen LogP contribution in [0.15, 0.2) is 0 Å². The Bertz CT molecular complexity index is 284. The van der Waals surface area contributed by atoms with Crippen molar-refractivity contribution in [3.63, 3.8) is 0 Å². The summed E-state index contributed by atoms with van der Waals surface area (Å²) < 4.78 is 0. The molecule has 0 amide bonds. The van der Waals surface area contributed by atoms with Crippen molar-refractivity contribution >= 4 is 5.97 Å². The molecule has 0 radical (unpaired) electrons. The Morgan fingerprint density at radius 3 is 2.86 bits per heavy atom. The number of fused-ring (bicyclic) bond motifs is 2. The normalized spacial score (nSPS) is 39.6. The highest BCUT2D eigenvalue weighted by Crippen LogP contribution is 2.48. The lowest BCUT2D eigenvalue weighted by atomic mass is 9.84. The predicted molar refractivity (Wildman–Crippen MR) is 49.4 cm³/mol. The van der Waals surface area contributed by atoms with Crippen molar-refractivity contribution in [3.8, 4) is 6.07 Å². The van der Waals surface area contributed by atoms with Gasteiger partial charge in [0, 0.05) is 6.04 Å². The lowest BCUT2D eigenvalue weighted by molar-refractivity contribution is -0.144. The van der Waals surface area contributed by atoms with Gasteiger partial charge in [0.25, 0.3) is 0 Å². The standard InChI is InChI=1S/C10H14N2O2/c11-3-4-12-9-7-2-1-6(5-7)8(9)10(13)14/h6-9,12H,1-2,4-5H2,(H,13,14). The molecule has 4 heteroatoms. The monoisotopic (exact) mass is 194 g/mol. The number of hydrogen-bond donors (Lipinski definition) is 2. The summed E-state index contributed by atoms with van der Waals surface area (Å²) in [6.45, 7) is 0.262. The summed E-state index contributed by atoms with van der Waals surface area (Å²) in [7, 11) is 0. The minimum atomic E-state index is -0.701. The second-order valence-electron chi connectivity index (χ2n) is 4.26. The first-order valence-corrected chi connectivity index (χ1v) is 5.07. The van der Waals surface area contributed by atoms with Gasteiger partial charge in [0.1, 0.15) is 0 Å². The van der Waals surface area contributed by atoms with Gasteiger partial charge in [0.2, 0.25) is 0 Å². The first-order valence-electron chi connectivity index (χ1n) is 5.07. The molecule has 0 saturated heterocycles. The van der Waals surface area contributed by atoms with Crippen molar-refractivity contribution < 1.29 is 9.90 Å². The summed E-state index contributed by atoms with van der Waals surface area (Å²) >= 11 is 0. The first kappa shape index (κ1) is 9.47. The first-order chi connectivity index (χ1) is 6.74. The molecular weight excluding hydrogens is 180 g/mol. The lowest BCUT2D eigenvalue weighted by Gasteiger charge is -2.28. The maximum absolute atomic E-state index is 11.0. The average Bonchev–Trinajstić information content (AvgIpc) is 2.72. The summed E-state index contributed by atoms with van der Waals surface area (Å²) in [4.78, 5) is 11.0. The van der Waals surface area contributed by atoms with Crippen LogP contribution in [0.3, 0.4) is 0 Å². The van der Waals surface area contributed by atoms with Gasteiger partial charge in [-0.1, -0.05) is 0 Å². The zero-order chi connectivity index (χ0) is 10.1. The molecule has 2 bridgehead atoms. The number of aliphatic carboxylic acids is 1. The molecule has 2 N–H and O–H groups in total. The van der Waals surface area contributed by atoms with Crippen LogP contribution in [-0.2, 0) is 4.79 Å². The van der Waals surface area contributed by atoms with Crippen molar-refractivity contribution in [1.29, 1.82) is 5.26 Å². The molecule has 0 aromatic heterocycles. The van der Waals surface area contributed by atoms with Crippen LogP contribution in [0.2, 0.25) is 0 Å². The van der Waals surface area contributed by atoms with Crippen molar-refractivity contribution in [2.24, 2.45) is 17.8 Å². The van der Waals surface area contributed by atoms with Gasteiger partial charge in [-0.05, 0) is 31.1 Å². The van der Waals surface area contributed by atoms with E-state index in [0.29, 0.717) is 11.8 Å². The fourth-order valence-electron chi connectivity index (χ4n) is 3.10. The van der Waals surface area contributed by atoms with E-state index in [4.69, 9.17) is 10.4 Å². The second kappa shape index (κ2) is 3.58. The lowest BCUT2D eigenvalue weighted by Crippen LogP contribution is -2.44. The van der Waals surface area contributed by atoms with Crippen molar-refractivity contribution in [2.75, 3.05) is 6.54 Å². The summed E-state index contributed by atoms with van der Waals surface area (Å²) in [5.74, 6) is -0.141. The SMILES string of the molecule is N#CCNC1C2CCC(C2)C1C(=O)O. The molecule has 0 spiro atoms. The van der Waals surface area contributed by atoms with E-state index in [1.54, 1.807) is 0 Å². The molecule has 0 aromatic carbocycles. The minimum absolute atomic E-state index is 0.0332. The summed E-state index contributed by atoms with van der Waals surface area (Å²) in [6, 6.07) is 2.04. The summed E-state index contributed by atoms with van der Waals surface area (Å²) in [5, 5.41) is 20.6. The molecule has 14 heavy (non-hydrogen) atoms. The minimum Gasteiger partial charge on any atom is -0.481 e. The number of hydrogen-bond acceptors (Lipinski definition) is 3. The summed E-state index contributed by atoms with van der Waals surface area (Å²) in [5.41, 5.74) is 0. The highest BCUT2D eigenvalue weighted by atomic mass is 16.4. The number of carboxylic acid groups (broad SMARTS) is 1. The Kier molecular flexibility index (Phi) is 2.42. The molecule has 0 aromatic rings. The molecule has 76 valence electrons. The Labute approximate surface area is 82.9 Å². The highest BCUT2D eigenvalue weighted by Gasteiger charge is 2.50. The number of carboxylic acids is 1. The molecule has 2 aliphatic rings. The van der Waals surface area contributed by atoms with Gasteiger partial charge < -0.3 is 10.4 Å². The molecule has 0 heterocycles. The fourth-order valence-corrected chi connectivity index (χ4v) is 3.10. The van der Waals surface area contributed by atoms with Crippen LogP contribution in [0.25, 0.3) is 0 Å². The molecule has 2 fully saturated rings. The smallest absolute Gasteiger partial charge is 0.308 e. The average molecular weight is 194 g/mol. The molecule has 4 atom stereocenters. The van der Waals surface area contributed by atoms with Crippen molar-refractivity contribution in [3.05, 3.63) is 0 Å². The van der Waals surface area contributed by atoms with Gasteiger partial charge >= 0.3 is 5.97 Å². The zero-order valence-corrected chi connectivity index (χ0v) is 7.94. The van der Waals surface area contributed by atoms with E-state index in [0.717, 1.165) is 19.3 Å². The van der Waals surface area contributed by atoms with E-state index in [1.165, 1.54) is 0 Å². The number of nitrogens with one attached hydrogen (secondary N) is 1. The van der Waals surface area contributed by atoms with Crippen LogP contribution in [-0.4, -0.2) is 23.7 Å². The van der Waals surface area contributed by atoms with Crippen LogP contribution in [0.5, 0.6) is 0 Å². The van der Waals surface area contributed by atoms with E-state index < -0.39 is 5.97 Å². The van der Waals surface area contributed by atoms with Crippen LogP contribution in [0.1, 0.15) is 19.3 Å². The Balaban J connectivity index is 2.06. The van der Waals surface area contributed by atoms with Gasteiger partial charge in [-0.3, -0.25) is 4.79 Å². The van der Waals surface area contributed by atoms with E-state index >= 15 is 0 Å². The zero-order valence-electron chi connectivity index (χ0n) is 7.94. The number of carbonyl (C=O) groups is 1. The fraction of sp³-hybridized carbons (Fsp3) is 0.800. The van der Waals surface area contributed by atoms with E-state index in [-0.39, 0.29) is 18.5 Å². The maximum Gasteiger partial charge on any atom is 0.308 e. The van der Waals surface area contributed by atoms with Gasteiger partial charge in [-0.25, -0.2) is 0 Å². The van der Waals surface area contributed by atoms with Crippen LogP contribution in [0, 0.1) is 29.1 Å². The topological polar surface area (TPSA) is 73.1 Å².